The largest absolute Gasteiger partial charge is 2.00 e. The fourth-order valence-corrected chi connectivity index (χ4v) is 0.662. The molecule has 4 atom stereocenters. The van der Waals surface area contributed by atoms with Crippen LogP contribution in [0.5, 0.6) is 0 Å². The third-order valence-corrected chi connectivity index (χ3v) is 1.50. The Bertz CT molecular complexity index is 177. The Morgan fingerprint density at radius 2 is 1.53 bits per heavy atom. The standard InChI is InChI=1S/C6H12O7.Fe.H2O/c7-1-2(8)3(9)4(10)5(11)6(12)13;;/h2-5,7-11H,1H2,(H,12,13);;1H2/q;+2;/p-1/t2-,3-,4+,5-;;/m1../s1. The van der Waals surface area contributed by atoms with Crippen molar-refractivity contribution < 1.29 is 58.0 Å². The summed E-state index contributed by atoms with van der Waals surface area (Å²) in [6.45, 7) is -0.863. The van der Waals surface area contributed by atoms with E-state index in [1.165, 1.54) is 0 Å². The number of carbonyl (C=O) groups is 1. The van der Waals surface area contributed by atoms with E-state index in [-0.39, 0.29) is 22.5 Å². The summed E-state index contributed by atoms with van der Waals surface area (Å²) < 4.78 is 0. The molecular weight excluding hydrogens is 256 g/mol. The number of carboxylic acids is 1. The van der Waals surface area contributed by atoms with Crippen LogP contribution in [0.4, 0.5) is 0 Å². The van der Waals surface area contributed by atoms with Gasteiger partial charge in [-0.05, 0) is 0 Å². The third kappa shape index (κ3) is 6.02. The van der Waals surface area contributed by atoms with Crippen LogP contribution in [0.3, 0.4) is 0 Å². The fourth-order valence-electron chi connectivity index (χ4n) is 0.662. The summed E-state index contributed by atoms with van der Waals surface area (Å²) in [6, 6.07) is 0. The maximum Gasteiger partial charge on any atom is 2.00 e. The van der Waals surface area contributed by atoms with E-state index < -0.39 is 37.0 Å². The van der Waals surface area contributed by atoms with Crippen molar-refractivity contribution in [1.29, 1.82) is 0 Å². The van der Waals surface area contributed by atoms with Crippen LogP contribution in [-0.2, 0) is 21.9 Å². The predicted molar refractivity (Wildman–Crippen MR) is 39.7 cm³/mol. The molecule has 0 aromatic heterocycles. The van der Waals surface area contributed by atoms with Gasteiger partial charge in [-0.25, -0.2) is 0 Å². The average Bonchev–Trinajstić information content (AvgIpc) is 2.12. The summed E-state index contributed by atoms with van der Waals surface area (Å²) in [6.07, 6.45) is -8.08. The van der Waals surface area contributed by atoms with Gasteiger partial charge in [0, 0.05) is 0 Å². The molecule has 0 fully saturated rings. The Morgan fingerprint density at radius 1 is 1.13 bits per heavy atom. The van der Waals surface area contributed by atoms with Gasteiger partial charge in [0.1, 0.15) is 24.4 Å². The second-order valence-electron chi connectivity index (χ2n) is 2.49. The Balaban J connectivity index is -0.000000720. The van der Waals surface area contributed by atoms with Crippen molar-refractivity contribution in [3.8, 4) is 0 Å². The number of aliphatic hydroxyl groups is 5. The second-order valence-corrected chi connectivity index (χ2v) is 2.49. The van der Waals surface area contributed by atoms with Crippen molar-refractivity contribution in [2.45, 2.75) is 24.4 Å². The van der Waals surface area contributed by atoms with Crippen molar-refractivity contribution in [2.24, 2.45) is 0 Å². The van der Waals surface area contributed by atoms with Gasteiger partial charge in [0.2, 0.25) is 0 Å². The molecule has 0 rings (SSSR count). The maximum absolute atomic E-state index is 9.98. The van der Waals surface area contributed by atoms with E-state index in [9.17, 15) is 9.90 Å². The van der Waals surface area contributed by atoms with Gasteiger partial charge in [-0.2, -0.15) is 0 Å². The van der Waals surface area contributed by atoms with Crippen LogP contribution in [0.1, 0.15) is 0 Å². The number of aliphatic hydroxyl groups excluding tert-OH is 5. The predicted octanol–water partition coefficient (Wildman–Crippen LogP) is -5.65. The van der Waals surface area contributed by atoms with E-state index in [4.69, 9.17) is 25.5 Å². The molecule has 0 spiro atoms. The summed E-state index contributed by atoms with van der Waals surface area (Å²) in [5.41, 5.74) is 0. The summed E-state index contributed by atoms with van der Waals surface area (Å²) in [5, 5.41) is 53.4. The van der Waals surface area contributed by atoms with Crippen molar-refractivity contribution in [1.82, 2.24) is 0 Å². The van der Waals surface area contributed by atoms with Crippen LogP contribution in [-0.4, -0.2) is 68.0 Å². The van der Waals surface area contributed by atoms with Crippen LogP contribution in [0, 0.1) is 0 Å². The number of carbonyl (C=O) groups excluding carboxylic acids is 1. The third-order valence-electron chi connectivity index (χ3n) is 1.50. The van der Waals surface area contributed by atoms with Crippen molar-refractivity contribution in [2.75, 3.05) is 6.61 Å². The average molecular weight is 269 g/mol. The molecule has 0 aromatic rings. The first-order valence-corrected chi connectivity index (χ1v) is 3.45. The molecule has 0 aliphatic rings. The zero-order valence-corrected chi connectivity index (χ0v) is 8.53. The van der Waals surface area contributed by atoms with Gasteiger partial charge in [0.25, 0.3) is 0 Å². The summed E-state index contributed by atoms with van der Waals surface area (Å²) in [5.74, 6) is -1.98. The molecule has 7 N–H and O–H groups in total. The molecule has 0 bridgehead atoms. The van der Waals surface area contributed by atoms with Gasteiger partial charge in [-0.15, -0.1) is 0 Å². The van der Waals surface area contributed by atoms with Gasteiger partial charge in [-0.3, -0.25) is 0 Å². The molecule has 92 valence electrons. The van der Waals surface area contributed by atoms with E-state index in [1.807, 2.05) is 0 Å². The minimum Gasteiger partial charge on any atom is -0.547 e. The summed E-state index contributed by atoms with van der Waals surface area (Å²) in [7, 11) is 0. The molecule has 0 amide bonds. The van der Waals surface area contributed by atoms with Crippen LogP contribution < -0.4 is 5.11 Å². The van der Waals surface area contributed by atoms with Gasteiger partial charge in [0.05, 0.1) is 12.6 Å². The molecule has 8 nitrogen and oxygen atoms in total. The Labute approximate surface area is 95.6 Å². The fraction of sp³-hybridized carbons (Fsp3) is 0.833. The molecule has 0 unspecified atom stereocenters. The number of hydrogen-bond acceptors (Lipinski definition) is 7. The van der Waals surface area contributed by atoms with Crippen molar-refractivity contribution in [3.05, 3.63) is 0 Å². The molecular formula is C6H13FeO8+. The molecule has 0 aliphatic heterocycles. The first-order valence-electron chi connectivity index (χ1n) is 3.45. The topological polar surface area (TPSA) is 173 Å². The van der Waals surface area contributed by atoms with Gasteiger partial charge in [-0.1, -0.05) is 0 Å². The summed E-state index contributed by atoms with van der Waals surface area (Å²) in [4.78, 5) is 9.98. The molecule has 0 saturated carbocycles. The molecule has 0 aromatic carbocycles. The second kappa shape index (κ2) is 9.01. The SMILES string of the molecule is O.O=C([O-])[C@H](O)[C@@H](O)[C@H](O)[C@H](O)CO.[Fe+2]. The molecule has 0 aliphatic carbocycles. The number of aliphatic carboxylic acids is 1. The maximum atomic E-state index is 9.98. The van der Waals surface area contributed by atoms with Crippen molar-refractivity contribution >= 4 is 5.97 Å². The van der Waals surface area contributed by atoms with E-state index >= 15 is 0 Å². The Hall–Kier alpha value is -0.251. The minimum atomic E-state index is -2.31. The first-order chi connectivity index (χ1) is 5.91. The molecule has 0 radical (unpaired) electrons. The van der Waals surface area contributed by atoms with Gasteiger partial charge < -0.3 is 40.9 Å². The minimum absolute atomic E-state index is 0. The Morgan fingerprint density at radius 3 is 1.80 bits per heavy atom. The number of hydrogen-bond donors (Lipinski definition) is 5. The van der Waals surface area contributed by atoms with Crippen molar-refractivity contribution in [3.63, 3.8) is 0 Å². The summed E-state index contributed by atoms with van der Waals surface area (Å²) >= 11 is 0. The number of carboxylic acid groups (broad SMARTS) is 1. The van der Waals surface area contributed by atoms with Gasteiger partial charge >= 0.3 is 17.1 Å². The Kier molecular flexibility index (Phi) is 12.1. The van der Waals surface area contributed by atoms with Crippen LogP contribution >= 0.6 is 0 Å². The molecule has 0 saturated heterocycles. The zero-order valence-electron chi connectivity index (χ0n) is 7.42. The molecule has 15 heavy (non-hydrogen) atoms. The van der Waals surface area contributed by atoms with E-state index in [0.29, 0.717) is 0 Å². The molecule has 0 heterocycles. The van der Waals surface area contributed by atoms with Crippen LogP contribution in [0.2, 0.25) is 0 Å². The van der Waals surface area contributed by atoms with Crippen LogP contribution in [0.15, 0.2) is 0 Å². The normalized spacial score (nSPS) is 17.7. The number of rotatable bonds is 5. The molecule has 9 heteroatoms. The zero-order chi connectivity index (χ0) is 10.6. The van der Waals surface area contributed by atoms with E-state index in [1.54, 1.807) is 0 Å². The quantitative estimate of drug-likeness (QED) is 0.309. The van der Waals surface area contributed by atoms with Crippen LogP contribution in [0.25, 0.3) is 0 Å². The first kappa shape index (κ1) is 20.2. The smallest absolute Gasteiger partial charge is 0.547 e. The van der Waals surface area contributed by atoms with E-state index in [0.717, 1.165) is 0 Å². The monoisotopic (exact) mass is 269 g/mol. The van der Waals surface area contributed by atoms with E-state index in [2.05, 4.69) is 0 Å². The van der Waals surface area contributed by atoms with Gasteiger partial charge in [0.15, 0.2) is 0 Å².